The van der Waals surface area contributed by atoms with Crippen LogP contribution in [0.2, 0.25) is 0 Å². The molecule has 0 spiro atoms. The minimum absolute atomic E-state index is 0.0637. The van der Waals surface area contributed by atoms with E-state index in [0.717, 1.165) is 19.6 Å². The van der Waals surface area contributed by atoms with Gasteiger partial charge < -0.3 is 15.2 Å². The molecule has 15 heavy (non-hydrogen) atoms. The first-order valence-electron chi connectivity index (χ1n) is 5.68. The summed E-state index contributed by atoms with van der Waals surface area (Å²) >= 11 is 0. The molecule has 0 saturated carbocycles. The summed E-state index contributed by atoms with van der Waals surface area (Å²) in [6.07, 6.45) is 1.80. The van der Waals surface area contributed by atoms with E-state index < -0.39 is 5.97 Å². The summed E-state index contributed by atoms with van der Waals surface area (Å²) in [6, 6.07) is 0. The van der Waals surface area contributed by atoms with Crippen molar-refractivity contribution in [2.24, 2.45) is 11.8 Å². The largest absolute Gasteiger partial charge is 0.481 e. The third kappa shape index (κ3) is 4.18. The lowest BCUT2D eigenvalue weighted by Gasteiger charge is -2.28. The van der Waals surface area contributed by atoms with E-state index in [1.807, 2.05) is 0 Å². The van der Waals surface area contributed by atoms with Gasteiger partial charge in [0.1, 0.15) is 0 Å². The summed E-state index contributed by atoms with van der Waals surface area (Å²) in [5, 5.41) is 12.0. The maximum Gasteiger partial charge on any atom is 0.307 e. The van der Waals surface area contributed by atoms with Crippen LogP contribution in [0.5, 0.6) is 0 Å². The zero-order valence-electron chi connectivity index (χ0n) is 9.53. The first-order valence-corrected chi connectivity index (χ1v) is 5.68. The van der Waals surface area contributed by atoms with Crippen LogP contribution in [0.4, 0.5) is 0 Å². The fourth-order valence-corrected chi connectivity index (χ4v) is 1.64. The standard InChI is InChI=1S/C11H21NO3/c1-3-8(2)7-15-10-4-9(11(13)14)5-12-6-10/h8-10,12H,3-7H2,1-2H3,(H,13,14). The fourth-order valence-electron chi connectivity index (χ4n) is 1.64. The van der Waals surface area contributed by atoms with Crippen LogP contribution >= 0.6 is 0 Å². The molecule has 0 aliphatic carbocycles. The predicted molar refractivity (Wildman–Crippen MR) is 57.8 cm³/mol. The highest BCUT2D eigenvalue weighted by molar-refractivity contribution is 5.70. The van der Waals surface area contributed by atoms with Crippen LogP contribution in [0.1, 0.15) is 26.7 Å². The average Bonchev–Trinajstić information content (AvgIpc) is 2.26. The van der Waals surface area contributed by atoms with Gasteiger partial charge in [-0.1, -0.05) is 20.3 Å². The van der Waals surface area contributed by atoms with Crippen molar-refractivity contribution < 1.29 is 14.6 Å². The summed E-state index contributed by atoms with van der Waals surface area (Å²) in [5.41, 5.74) is 0. The fraction of sp³-hybridized carbons (Fsp3) is 0.909. The van der Waals surface area contributed by atoms with Crippen molar-refractivity contribution in [2.45, 2.75) is 32.8 Å². The molecule has 0 aromatic heterocycles. The van der Waals surface area contributed by atoms with Crippen LogP contribution in [-0.2, 0) is 9.53 Å². The number of carboxylic acid groups (broad SMARTS) is 1. The van der Waals surface area contributed by atoms with Gasteiger partial charge in [0, 0.05) is 19.7 Å². The molecule has 3 unspecified atom stereocenters. The number of ether oxygens (including phenoxy) is 1. The monoisotopic (exact) mass is 215 g/mol. The Kier molecular flexibility index (Phi) is 5.05. The summed E-state index contributed by atoms with van der Waals surface area (Å²) in [4.78, 5) is 10.8. The molecule has 1 heterocycles. The second-order valence-corrected chi connectivity index (χ2v) is 4.40. The van der Waals surface area contributed by atoms with Gasteiger partial charge in [0.25, 0.3) is 0 Å². The number of rotatable bonds is 5. The van der Waals surface area contributed by atoms with Crippen LogP contribution in [-0.4, -0.2) is 36.9 Å². The van der Waals surface area contributed by atoms with Gasteiger partial charge in [-0.15, -0.1) is 0 Å². The highest BCUT2D eigenvalue weighted by Gasteiger charge is 2.27. The average molecular weight is 215 g/mol. The molecular weight excluding hydrogens is 194 g/mol. The van der Waals surface area contributed by atoms with E-state index in [1.54, 1.807) is 0 Å². The molecule has 0 amide bonds. The maximum atomic E-state index is 10.8. The smallest absolute Gasteiger partial charge is 0.307 e. The van der Waals surface area contributed by atoms with E-state index in [4.69, 9.17) is 9.84 Å². The second-order valence-electron chi connectivity index (χ2n) is 4.40. The topological polar surface area (TPSA) is 58.6 Å². The molecule has 0 radical (unpaired) electrons. The molecule has 0 bridgehead atoms. The summed E-state index contributed by atoms with van der Waals surface area (Å²) in [7, 11) is 0. The molecule has 0 aromatic carbocycles. The van der Waals surface area contributed by atoms with Crippen LogP contribution < -0.4 is 5.32 Å². The molecule has 4 heteroatoms. The molecular formula is C11H21NO3. The van der Waals surface area contributed by atoms with E-state index in [-0.39, 0.29) is 12.0 Å². The molecule has 2 N–H and O–H groups in total. The molecule has 88 valence electrons. The van der Waals surface area contributed by atoms with E-state index in [2.05, 4.69) is 19.2 Å². The van der Waals surface area contributed by atoms with Crippen molar-refractivity contribution in [1.82, 2.24) is 5.32 Å². The zero-order valence-corrected chi connectivity index (χ0v) is 9.53. The van der Waals surface area contributed by atoms with Crippen LogP contribution in [0, 0.1) is 11.8 Å². The normalized spacial score (nSPS) is 28.7. The molecule has 0 aromatic rings. The van der Waals surface area contributed by atoms with E-state index >= 15 is 0 Å². The molecule has 1 aliphatic heterocycles. The number of aliphatic carboxylic acids is 1. The number of hydrogen-bond donors (Lipinski definition) is 2. The van der Waals surface area contributed by atoms with Crippen molar-refractivity contribution in [3.8, 4) is 0 Å². The second kappa shape index (κ2) is 6.08. The van der Waals surface area contributed by atoms with Crippen molar-refractivity contribution in [2.75, 3.05) is 19.7 Å². The highest BCUT2D eigenvalue weighted by atomic mass is 16.5. The lowest BCUT2D eigenvalue weighted by molar-refractivity contribution is -0.144. The van der Waals surface area contributed by atoms with E-state index in [9.17, 15) is 4.79 Å². The van der Waals surface area contributed by atoms with Gasteiger partial charge in [-0.05, 0) is 12.3 Å². The first kappa shape index (κ1) is 12.5. The minimum atomic E-state index is -0.723. The Hall–Kier alpha value is -0.610. The number of nitrogens with one attached hydrogen (secondary N) is 1. The Labute approximate surface area is 91.0 Å². The number of carboxylic acids is 1. The molecule has 1 aliphatic rings. The van der Waals surface area contributed by atoms with Crippen LogP contribution in [0.25, 0.3) is 0 Å². The Morgan fingerprint density at radius 3 is 2.93 bits per heavy atom. The van der Waals surface area contributed by atoms with Gasteiger partial charge in [0.2, 0.25) is 0 Å². The van der Waals surface area contributed by atoms with Crippen molar-refractivity contribution in [3.05, 3.63) is 0 Å². The van der Waals surface area contributed by atoms with Crippen LogP contribution in [0.3, 0.4) is 0 Å². The zero-order chi connectivity index (χ0) is 11.3. The van der Waals surface area contributed by atoms with Crippen molar-refractivity contribution >= 4 is 5.97 Å². The third-order valence-electron chi connectivity index (χ3n) is 2.97. The van der Waals surface area contributed by atoms with E-state index in [1.165, 1.54) is 0 Å². The molecule has 1 fully saturated rings. The predicted octanol–water partition coefficient (Wildman–Crippen LogP) is 1.11. The Morgan fingerprint density at radius 2 is 2.33 bits per heavy atom. The third-order valence-corrected chi connectivity index (χ3v) is 2.97. The van der Waals surface area contributed by atoms with Gasteiger partial charge in [-0.2, -0.15) is 0 Å². The minimum Gasteiger partial charge on any atom is -0.481 e. The lowest BCUT2D eigenvalue weighted by atomic mass is 9.97. The Bertz CT molecular complexity index is 208. The molecule has 1 saturated heterocycles. The quantitative estimate of drug-likeness (QED) is 0.721. The maximum absolute atomic E-state index is 10.8. The number of hydrogen-bond acceptors (Lipinski definition) is 3. The summed E-state index contributed by atoms with van der Waals surface area (Å²) in [5.74, 6) is -0.463. The van der Waals surface area contributed by atoms with Gasteiger partial charge in [-0.3, -0.25) is 4.79 Å². The van der Waals surface area contributed by atoms with Crippen molar-refractivity contribution in [1.29, 1.82) is 0 Å². The first-order chi connectivity index (χ1) is 7.13. The lowest BCUT2D eigenvalue weighted by Crippen LogP contribution is -2.44. The van der Waals surface area contributed by atoms with Crippen molar-refractivity contribution in [3.63, 3.8) is 0 Å². The van der Waals surface area contributed by atoms with Gasteiger partial charge in [0.05, 0.1) is 12.0 Å². The Balaban J connectivity index is 2.27. The molecule has 1 rings (SSSR count). The number of piperidine rings is 1. The molecule has 4 nitrogen and oxygen atoms in total. The van der Waals surface area contributed by atoms with Gasteiger partial charge in [0.15, 0.2) is 0 Å². The summed E-state index contributed by atoms with van der Waals surface area (Å²) < 4.78 is 5.69. The highest BCUT2D eigenvalue weighted by Crippen LogP contribution is 2.15. The van der Waals surface area contributed by atoms with Gasteiger partial charge in [-0.25, -0.2) is 0 Å². The van der Waals surface area contributed by atoms with E-state index in [0.29, 0.717) is 18.9 Å². The Morgan fingerprint density at radius 1 is 1.60 bits per heavy atom. The van der Waals surface area contributed by atoms with Crippen LogP contribution in [0.15, 0.2) is 0 Å². The number of carbonyl (C=O) groups is 1. The SMILES string of the molecule is CCC(C)COC1CNCC(C(=O)O)C1. The summed E-state index contributed by atoms with van der Waals surface area (Å²) in [6.45, 7) is 6.35. The molecule has 3 atom stereocenters. The van der Waals surface area contributed by atoms with Gasteiger partial charge >= 0.3 is 5.97 Å².